The fourth-order valence-electron chi connectivity index (χ4n) is 1.10. The Hall–Kier alpha value is -1.65. The Balaban J connectivity index is 2.78. The maximum atomic E-state index is 5.01. The number of fused-ring (bicyclic) bond motifs is 1. The number of aryl methyl sites for hydroxylation is 1. The largest absolute Gasteiger partial charge is 0.468 e. The number of ether oxygens (including phenoxy) is 1. The number of hydrogen-bond acceptors (Lipinski definition) is 4. The second-order valence-corrected chi connectivity index (χ2v) is 2.39. The molecule has 0 fully saturated rings. The Bertz CT molecular complexity index is 409. The van der Waals surface area contributed by atoms with E-state index in [2.05, 4.69) is 15.0 Å². The molecule has 0 aliphatic rings. The van der Waals surface area contributed by atoms with Crippen LogP contribution in [-0.4, -0.2) is 26.6 Å². The summed E-state index contributed by atoms with van der Waals surface area (Å²) in [4.78, 5) is 12.1. The van der Waals surface area contributed by atoms with Gasteiger partial charge in [0.1, 0.15) is 11.8 Å². The highest BCUT2D eigenvalue weighted by atomic mass is 16.5. The van der Waals surface area contributed by atoms with Crippen molar-refractivity contribution in [3.63, 3.8) is 0 Å². The number of aromatic nitrogens is 4. The van der Waals surface area contributed by atoms with Gasteiger partial charge in [-0.25, -0.2) is 9.97 Å². The van der Waals surface area contributed by atoms with E-state index in [0.717, 1.165) is 11.2 Å². The number of nitrogens with zero attached hydrogens (tertiary/aromatic N) is 4. The first-order valence-corrected chi connectivity index (χ1v) is 3.49. The molecule has 2 aromatic rings. The summed E-state index contributed by atoms with van der Waals surface area (Å²) in [6, 6.07) is 0.547. The van der Waals surface area contributed by atoms with Crippen molar-refractivity contribution < 1.29 is 4.74 Å². The van der Waals surface area contributed by atoms with Crippen LogP contribution in [-0.2, 0) is 7.05 Å². The van der Waals surface area contributed by atoms with Crippen molar-refractivity contribution in [3.8, 4) is 6.01 Å². The van der Waals surface area contributed by atoms with Crippen LogP contribution in [0.3, 0.4) is 0 Å². The molecule has 2 aromatic heterocycles. The van der Waals surface area contributed by atoms with Gasteiger partial charge in [0.05, 0.1) is 13.3 Å². The summed E-state index contributed by atoms with van der Waals surface area (Å²) in [6.45, 7) is 0. The lowest BCUT2D eigenvalue weighted by Crippen LogP contribution is -1.94. The lowest BCUT2D eigenvalue weighted by Gasteiger charge is -1.96. The Kier molecular flexibility index (Phi) is 1.43. The minimum Gasteiger partial charge on any atom is -0.468 e. The van der Waals surface area contributed by atoms with Gasteiger partial charge in [0.15, 0.2) is 5.65 Å². The molecule has 0 N–H and O–H groups in total. The Labute approximate surface area is 69.0 Å². The average molecular weight is 164 g/mol. The highest BCUT2D eigenvalue weighted by Gasteiger charge is 2.07. The second-order valence-electron chi connectivity index (χ2n) is 2.39. The molecule has 5 heteroatoms. The lowest BCUT2D eigenvalue weighted by atomic mass is 10.6. The zero-order chi connectivity index (χ0) is 8.55. The molecule has 0 bridgehead atoms. The van der Waals surface area contributed by atoms with E-state index in [0.29, 0.717) is 6.01 Å². The van der Waals surface area contributed by atoms with E-state index >= 15 is 0 Å². The highest BCUT2D eigenvalue weighted by Crippen LogP contribution is 2.15. The van der Waals surface area contributed by atoms with Crippen molar-refractivity contribution in [2.75, 3.05) is 7.11 Å². The van der Waals surface area contributed by atoms with E-state index in [9.17, 15) is 0 Å². The van der Waals surface area contributed by atoms with Gasteiger partial charge in [0.25, 0.3) is 6.01 Å². The normalized spacial score (nSPS) is 10.5. The molecule has 0 unspecified atom stereocenters. The van der Waals surface area contributed by atoms with Gasteiger partial charge >= 0.3 is 0 Å². The first-order valence-electron chi connectivity index (χ1n) is 3.49. The third-order valence-electron chi connectivity index (χ3n) is 1.68. The van der Waals surface area contributed by atoms with E-state index in [-0.39, 0.29) is 0 Å². The van der Waals surface area contributed by atoms with E-state index in [4.69, 9.17) is 4.74 Å². The standard InChI is InChI=1S/C7H8N4O/c1-11-6-5(3-8-4-9-6)10-7(11)12-2/h3-4H,1-2H3. The summed E-state index contributed by atoms with van der Waals surface area (Å²) in [5.41, 5.74) is 1.53. The Morgan fingerprint density at radius 1 is 1.50 bits per heavy atom. The van der Waals surface area contributed by atoms with Crippen molar-refractivity contribution in [3.05, 3.63) is 12.5 Å². The van der Waals surface area contributed by atoms with Gasteiger partial charge in [-0.05, 0) is 0 Å². The summed E-state index contributed by atoms with van der Waals surface area (Å²) in [5, 5.41) is 0. The maximum Gasteiger partial charge on any atom is 0.298 e. The zero-order valence-electron chi connectivity index (χ0n) is 6.85. The lowest BCUT2D eigenvalue weighted by molar-refractivity contribution is 0.368. The minimum atomic E-state index is 0.547. The van der Waals surface area contributed by atoms with Crippen LogP contribution in [0.15, 0.2) is 12.5 Å². The highest BCUT2D eigenvalue weighted by molar-refractivity contribution is 5.70. The van der Waals surface area contributed by atoms with Crippen molar-refractivity contribution in [1.29, 1.82) is 0 Å². The molecule has 0 spiro atoms. The summed E-state index contributed by atoms with van der Waals surface area (Å²) in [6.07, 6.45) is 3.15. The SMILES string of the molecule is COc1nc2cncnc2n1C. The monoisotopic (exact) mass is 164 g/mol. The van der Waals surface area contributed by atoms with Gasteiger partial charge in [0, 0.05) is 7.05 Å². The van der Waals surface area contributed by atoms with Gasteiger partial charge in [0.2, 0.25) is 0 Å². The number of methoxy groups -OCH3 is 1. The van der Waals surface area contributed by atoms with Crippen LogP contribution in [0.5, 0.6) is 6.01 Å². The molecule has 0 aromatic carbocycles. The molecular weight excluding hydrogens is 156 g/mol. The molecule has 62 valence electrons. The zero-order valence-corrected chi connectivity index (χ0v) is 6.85. The first-order chi connectivity index (χ1) is 5.83. The van der Waals surface area contributed by atoms with Crippen LogP contribution in [0.1, 0.15) is 0 Å². The summed E-state index contributed by atoms with van der Waals surface area (Å²) >= 11 is 0. The molecule has 0 aliphatic carbocycles. The molecule has 2 heterocycles. The number of rotatable bonds is 1. The van der Waals surface area contributed by atoms with Crippen LogP contribution in [0.25, 0.3) is 11.2 Å². The van der Waals surface area contributed by atoms with E-state index in [1.807, 2.05) is 7.05 Å². The first kappa shape index (κ1) is 7.02. The Morgan fingerprint density at radius 3 is 3.00 bits per heavy atom. The van der Waals surface area contributed by atoms with Gasteiger partial charge < -0.3 is 4.74 Å². The fourth-order valence-corrected chi connectivity index (χ4v) is 1.10. The predicted octanol–water partition coefficient (Wildman–Crippen LogP) is 0.372. The average Bonchev–Trinajstić information content (AvgIpc) is 2.44. The van der Waals surface area contributed by atoms with Crippen LogP contribution >= 0.6 is 0 Å². The number of imidazole rings is 1. The molecular formula is C7H8N4O. The quantitative estimate of drug-likeness (QED) is 0.611. The number of hydrogen-bond donors (Lipinski definition) is 0. The Morgan fingerprint density at radius 2 is 2.33 bits per heavy atom. The van der Waals surface area contributed by atoms with E-state index in [1.165, 1.54) is 6.33 Å². The minimum absolute atomic E-state index is 0.547. The van der Waals surface area contributed by atoms with Gasteiger partial charge in [-0.15, -0.1) is 0 Å². The van der Waals surface area contributed by atoms with Crippen LogP contribution in [0.2, 0.25) is 0 Å². The summed E-state index contributed by atoms with van der Waals surface area (Å²) in [5.74, 6) is 0. The molecule has 0 saturated heterocycles. The van der Waals surface area contributed by atoms with Crippen molar-refractivity contribution in [2.45, 2.75) is 0 Å². The van der Waals surface area contributed by atoms with Gasteiger partial charge in [-0.3, -0.25) is 4.57 Å². The molecule has 2 rings (SSSR count). The van der Waals surface area contributed by atoms with Crippen molar-refractivity contribution in [2.24, 2.45) is 7.05 Å². The van der Waals surface area contributed by atoms with Crippen molar-refractivity contribution >= 4 is 11.2 Å². The molecule has 0 saturated carbocycles. The topological polar surface area (TPSA) is 52.8 Å². The summed E-state index contributed by atoms with van der Waals surface area (Å²) < 4.78 is 6.79. The molecule has 0 amide bonds. The third-order valence-corrected chi connectivity index (χ3v) is 1.68. The molecule has 0 radical (unpaired) electrons. The molecule has 0 atom stereocenters. The van der Waals surface area contributed by atoms with Gasteiger partial charge in [-0.2, -0.15) is 4.98 Å². The fraction of sp³-hybridized carbons (Fsp3) is 0.286. The molecule has 12 heavy (non-hydrogen) atoms. The second kappa shape index (κ2) is 2.44. The summed E-state index contributed by atoms with van der Waals surface area (Å²) in [7, 11) is 3.43. The smallest absolute Gasteiger partial charge is 0.298 e. The maximum absolute atomic E-state index is 5.01. The predicted molar refractivity (Wildman–Crippen MR) is 42.9 cm³/mol. The van der Waals surface area contributed by atoms with Crippen LogP contribution in [0, 0.1) is 0 Å². The molecule has 5 nitrogen and oxygen atoms in total. The third kappa shape index (κ3) is 0.827. The van der Waals surface area contributed by atoms with E-state index < -0.39 is 0 Å². The van der Waals surface area contributed by atoms with Gasteiger partial charge in [-0.1, -0.05) is 0 Å². The van der Waals surface area contributed by atoms with Crippen LogP contribution < -0.4 is 4.74 Å². The van der Waals surface area contributed by atoms with Crippen LogP contribution in [0.4, 0.5) is 0 Å². The van der Waals surface area contributed by atoms with E-state index in [1.54, 1.807) is 17.9 Å². The van der Waals surface area contributed by atoms with Crippen molar-refractivity contribution in [1.82, 2.24) is 19.5 Å². The molecule has 0 aliphatic heterocycles.